The molecule has 0 aliphatic rings. The first-order valence-corrected chi connectivity index (χ1v) is 5.51. The predicted molar refractivity (Wildman–Crippen MR) is 60.2 cm³/mol. The maximum absolute atomic E-state index is 10.4. The van der Waals surface area contributed by atoms with Crippen LogP contribution in [0.3, 0.4) is 0 Å². The summed E-state index contributed by atoms with van der Waals surface area (Å²) in [5.74, 6) is 0. The van der Waals surface area contributed by atoms with Crippen molar-refractivity contribution in [1.29, 1.82) is 0 Å². The van der Waals surface area contributed by atoms with Crippen LogP contribution in [0.1, 0.15) is 45.1 Å². The van der Waals surface area contributed by atoms with Crippen LogP contribution < -0.4 is 0 Å². The molecule has 0 saturated heterocycles. The lowest BCUT2D eigenvalue weighted by Gasteiger charge is -2.27. The van der Waals surface area contributed by atoms with Gasteiger partial charge in [0.25, 0.3) is 0 Å². The molecular formula is C13H20O. The van der Waals surface area contributed by atoms with Crippen LogP contribution in [-0.2, 0) is 5.60 Å². The van der Waals surface area contributed by atoms with Gasteiger partial charge in [-0.25, -0.2) is 0 Å². The van der Waals surface area contributed by atoms with Crippen molar-refractivity contribution >= 4 is 0 Å². The van der Waals surface area contributed by atoms with Gasteiger partial charge >= 0.3 is 0 Å². The van der Waals surface area contributed by atoms with Gasteiger partial charge in [-0.1, -0.05) is 57.0 Å². The van der Waals surface area contributed by atoms with Crippen molar-refractivity contribution in [3.8, 4) is 0 Å². The SMILES string of the molecule is CCCC[C@](O)(CC)c1ccccc1. The minimum Gasteiger partial charge on any atom is -0.385 e. The summed E-state index contributed by atoms with van der Waals surface area (Å²) in [6, 6.07) is 9.99. The summed E-state index contributed by atoms with van der Waals surface area (Å²) in [6.07, 6.45) is 3.87. The molecule has 0 aromatic heterocycles. The van der Waals surface area contributed by atoms with Crippen molar-refractivity contribution in [2.24, 2.45) is 0 Å². The predicted octanol–water partition coefficient (Wildman–Crippen LogP) is 3.47. The Labute approximate surface area is 86.8 Å². The fourth-order valence-corrected chi connectivity index (χ4v) is 1.74. The van der Waals surface area contributed by atoms with E-state index in [9.17, 15) is 5.11 Å². The monoisotopic (exact) mass is 192 g/mol. The van der Waals surface area contributed by atoms with Gasteiger partial charge in [0, 0.05) is 0 Å². The maximum Gasteiger partial charge on any atom is 0.0893 e. The summed E-state index contributed by atoms with van der Waals surface area (Å²) in [4.78, 5) is 0. The van der Waals surface area contributed by atoms with E-state index >= 15 is 0 Å². The summed E-state index contributed by atoms with van der Waals surface area (Å²) in [5, 5.41) is 10.4. The Hall–Kier alpha value is -0.820. The fraction of sp³-hybridized carbons (Fsp3) is 0.538. The van der Waals surface area contributed by atoms with E-state index in [1.807, 2.05) is 37.3 Å². The first-order valence-electron chi connectivity index (χ1n) is 5.51. The Bertz CT molecular complexity index is 255. The lowest BCUT2D eigenvalue weighted by atomic mass is 9.86. The molecule has 0 aliphatic carbocycles. The van der Waals surface area contributed by atoms with Crippen LogP contribution in [0.5, 0.6) is 0 Å². The summed E-state index contributed by atoms with van der Waals surface area (Å²) < 4.78 is 0. The van der Waals surface area contributed by atoms with E-state index in [-0.39, 0.29) is 0 Å². The molecule has 0 unspecified atom stereocenters. The molecule has 1 nitrogen and oxygen atoms in total. The van der Waals surface area contributed by atoms with Gasteiger partial charge in [-0.2, -0.15) is 0 Å². The Morgan fingerprint density at radius 2 is 1.79 bits per heavy atom. The number of hydrogen-bond acceptors (Lipinski definition) is 1. The molecule has 0 fully saturated rings. The highest BCUT2D eigenvalue weighted by atomic mass is 16.3. The molecule has 78 valence electrons. The molecule has 1 aromatic rings. The van der Waals surface area contributed by atoms with Crippen LogP contribution in [0.4, 0.5) is 0 Å². The van der Waals surface area contributed by atoms with Gasteiger partial charge in [-0.05, 0) is 18.4 Å². The lowest BCUT2D eigenvalue weighted by Crippen LogP contribution is -2.24. The third-order valence-electron chi connectivity index (χ3n) is 2.84. The lowest BCUT2D eigenvalue weighted by molar-refractivity contribution is 0.0211. The van der Waals surface area contributed by atoms with E-state index in [0.717, 1.165) is 31.2 Å². The summed E-state index contributed by atoms with van der Waals surface area (Å²) >= 11 is 0. The molecule has 0 spiro atoms. The smallest absolute Gasteiger partial charge is 0.0893 e. The summed E-state index contributed by atoms with van der Waals surface area (Å²) in [7, 11) is 0. The van der Waals surface area contributed by atoms with E-state index in [2.05, 4.69) is 6.92 Å². The van der Waals surface area contributed by atoms with Crippen LogP contribution in [0.25, 0.3) is 0 Å². The molecule has 1 aromatic carbocycles. The molecule has 0 saturated carbocycles. The molecule has 1 heteroatoms. The fourth-order valence-electron chi connectivity index (χ4n) is 1.74. The van der Waals surface area contributed by atoms with Gasteiger partial charge in [0.05, 0.1) is 5.60 Å². The zero-order valence-electron chi connectivity index (χ0n) is 9.16. The highest BCUT2D eigenvalue weighted by molar-refractivity contribution is 5.21. The first-order chi connectivity index (χ1) is 6.73. The minimum absolute atomic E-state index is 0.614. The average molecular weight is 192 g/mol. The molecule has 1 rings (SSSR count). The zero-order valence-corrected chi connectivity index (χ0v) is 9.16. The Kier molecular flexibility index (Phi) is 4.15. The van der Waals surface area contributed by atoms with Crippen molar-refractivity contribution in [1.82, 2.24) is 0 Å². The number of hydrogen-bond donors (Lipinski definition) is 1. The van der Waals surface area contributed by atoms with Crippen molar-refractivity contribution in [3.63, 3.8) is 0 Å². The Balaban J connectivity index is 2.79. The number of unbranched alkanes of at least 4 members (excludes halogenated alkanes) is 1. The second-order valence-electron chi connectivity index (χ2n) is 3.85. The Morgan fingerprint density at radius 1 is 1.14 bits per heavy atom. The molecule has 0 aliphatic heterocycles. The van der Waals surface area contributed by atoms with Crippen LogP contribution >= 0.6 is 0 Å². The minimum atomic E-state index is -0.614. The van der Waals surface area contributed by atoms with Gasteiger partial charge in [0.2, 0.25) is 0 Å². The van der Waals surface area contributed by atoms with Crippen molar-refractivity contribution in [2.45, 2.75) is 45.1 Å². The highest BCUT2D eigenvalue weighted by Crippen LogP contribution is 2.30. The number of benzene rings is 1. The molecule has 0 heterocycles. The highest BCUT2D eigenvalue weighted by Gasteiger charge is 2.25. The van der Waals surface area contributed by atoms with Gasteiger partial charge in [-0.15, -0.1) is 0 Å². The summed E-state index contributed by atoms with van der Waals surface area (Å²) in [5.41, 5.74) is 0.438. The van der Waals surface area contributed by atoms with E-state index in [0.29, 0.717) is 0 Å². The molecule has 0 radical (unpaired) electrons. The van der Waals surface area contributed by atoms with Crippen LogP contribution in [0.15, 0.2) is 30.3 Å². The van der Waals surface area contributed by atoms with Gasteiger partial charge in [0.1, 0.15) is 0 Å². The van der Waals surface area contributed by atoms with Gasteiger partial charge in [-0.3, -0.25) is 0 Å². The van der Waals surface area contributed by atoms with E-state index < -0.39 is 5.60 Å². The standard InChI is InChI=1S/C13H20O/c1-3-5-11-13(14,4-2)12-9-7-6-8-10-12/h6-10,14H,3-5,11H2,1-2H3/t13-/m1/s1. The van der Waals surface area contributed by atoms with Crippen molar-refractivity contribution in [2.75, 3.05) is 0 Å². The molecule has 14 heavy (non-hydrogen) atoms. The van der Waals surface area contributed by atoms with Crippen LogP contribution in [-0.4, -0.2) is 5.11 Å². The molecule has 1 N–H and O–H groups in total. The van der Waals surface area contributed by atoms with E-state index in [4.69, 9.17) is 0 Å². The van der Waals surface area contributed by atoms with Crippen molar-refractivity contribution in [3.05, 3.63) is 35.9 Å². The van der Waals surface area contributed by atoms with Crippen molar-refractivity contribution < 1.29 is 5.11 Å². The van der Waals surface area contributed by atoms with E-state index in [1.165, 1.54) is 0 Å². The second-order valence-corrected chi connectivity index (χ2v) is 3.85. The molecular weight excluding hydrogens is 172 g/mol. The topological polar surface area (TPSA) is 20.2 Å². The maximum atomic E-state index is 10.4. The largest absolute Gasteiger partial charge is 0.385 e. The quantitative estimate of drug-likeness (QED) is 0.757. The average Bonchev–Trinajstić information content (AvgIpc) is 2.27. The van der Waals surface area contributed by atoms with E-state index in [1.54, 1.807) is 0 Å². The zero-order chi connectivity index (χ0) is 10.4. The molecule has 0 amide bonds. The number of aliphatic hydroxyl groups is 1. The first kappa shape index (κ1) is 11.3. The molecule has 1 atom stereocenters. The van der Waals surface area contributed by atoms with Gasteiger partial charge < -0.3 is 5.11 Å². The third-order valence-corrected chi connectivity index (χ3v) is 2.84. The normalized spacial score (nSPS) is 15.1. The van der Waals surface area contributed by atoms with Crippen LogP contribution in [0.2, 0.25) is 0 Å². The second kappa shape index (κ2) is 5.16. The summed E-state index contributed by atoms with van der Waals surface area (Å²) in [6.45, 7) is 4.20. The number of rotatable bonds is 5. The van der Waals surface area contributed by atoms with Gasteiger partial charge in [0.15, 0.2) is 0 Å². The van der Waals surface area contributed by atoms with Crippen LogP contribution in [0, 0.1) is 0 Å². The third kappa shape index (κ3) is 2.58. The molecule has 0 bridgehead atoms. The Morgan fingerprint density at radius 3 is 2.29 bits per heavy atom.